The van der Waals surface area contributed by atoms with Gasteiger partial charge in [-0.05, 0) is 59.8 Å². The quantitative estimate of drug-likeness (QED) is 0.0432. The van der Waals surface area contributed by atoms with Gasteiger partial charge >= 0.3 is 41.7 Å². The summed E-state index contributed by atoms with van der Waals surface area (Å²) in [5.74, 6) is -1.30. The fourth-order valence-electron chi connectivity index (χ4n) is 5.34. The molecule has 0 fully saturated rings. The standard InChI is InChI=1S/C18H37NO6S.C18H37NO5S.Na/c1-4-5-6-7-8-9-10-11-12-13-18(2,3)25-17(21)19-14-16(20)15-26(22,23)24;1-4-5-6-7-8-9-10-11-12-14-18(2,3)24-17(20)19-15-13-16-25(21,22)23;/h16,20H,4-15H2,1-3H3,(H,19,21)(H,22,23,24);4-16H2,1-3H3,(H,19,20)(H,21,22,23);/q;;+1/p-1. The van der Waals surface area contributed by atoms with Gasteiger partial charge in [-0.25, -0.2) is 18.0 Å². The van der Waals surface area contributed by atoms with Gasteiger partial charge in [0.05, 0.1) is 27.7 Å². The third-order valence-electron chi connectivity index (χ3n) is 8.23. The molecule has 0 aliphatic carbocycles. The van der Waals surface area contributed by atoms with Crippen LogP contribution in [0, 0.1) is 0 Å². The molecule has 0 heterocycles. The number of hydrogen-bond donors (Lipinski definition) is 4. The number of amides is 2. The van der Waals surface area contributed by atoms with E-state index in [4.69, 9.17) is 14.0 Å². The number of unbranched alkanes of at least 4 members (excludes halogenated alkanes) is 16. The van der Waals surface area contributed by atoms with Crippen molar-refractivity contribution in [2.75, 3.05) is 24.6 Å². The van der Waals surface area contributed by atoms with Gasteiger partial charge in [-0.15, -0.1) is 0 Å². The summed E-state index contributed by atoms with van der Waals surface area (Å²) < 4.78 is 72.0. The van der Waals surface area contributed by atoms with Gasteiger partial charge in [0.25, 0.3) is 10.1 Å². The van der Waals surface area contributed by atoms with E-state index in [-0.39, 0.29) is 54.8 Å². The van der Waals surface area contributed by atoms with Crippen LogP contribution < -0.4 is 40.2 Å². The van der Waals surface area contributed by atoms with Crippen LogP contribution in [0.25, 0.3) is 0 Å². The summed E-state index contributed by atoms with van der Waals surface area (Å²) in [5.41, 5.74) is -1.17. The van der Waals surface area contributed by atoms with Gasteiger partial charge < -0.3 is 29.8 Å². The van der Waals surface area contributed by atoms with Crippen LogP contribution in [-0.2, 0) is 29.7 Å². The van der Waals surface area contributed by atoms with Gasteiger partial charge in [0.2, 0.25) is 0 Å². The Morgan fingerprint density at radius 2 is 0.981 bits per heavy atom. The van der Waals surface area contributed by atoms with Crippen LogP contribution in [0.1, 0.15) is 176 Å². The predicted molar refractivity (Wildman–Crippen MR) is 202 cm³/mol. The number of ether oxygens (including phenoxy) is 2. The van der Waals surface area contributed by atoms with Gasteiger partial charge in [0.15, 0.2) is 0 Å². The Morgan fingerprint density at radius 3 is 1.33 bits per heavy atom. The second kappa shape index (κ2) is 32.6. The van der Waals surface area contributed by atoms with Crippen molar-refractivity contribution in [3.8, 4) is 0 Å². The number of alkyl carbamates (subject to hydrolysis) is 2. The van der Waals surface area contributed by atoms with E-state index in [0.717, 1.165) is 38.5 Å². The van der Waals surface area contributed by atoms with Crippen LogP contribution >= 0.6 is 0 Å². The average molecular weight is 797 g/mol. The van der Waals surface area contributed by atoms with E-state index in [1.807, 2.05) is 27.7 Å². The second-order valence-electron chi connectivity index (χ2n) is 14.8. The molecular formula is C36H73N2NaO11S2. The molecule has 0 aromatic carbocycles. The second-order valence-corrected chi connectivity index (χ2v) is 17.8. The molecule has 2 amide bonds. The first-order valence-electron chi connectivity index (χ1n) is 19.2. The zero-order chi connectivity index (χ0) is 39.2. The van der Waals surface area contributed by atoms with Gasteiger partial charge in [-0.2, -0.15) is 8.42 Å². The van der Waals surface area contributed by atoms with Crippen LogP contribution in [0.15, 0.2) is 0 Å². The molecule has 0 saturated heterocycles. The maximum Gasteiger partial charge on any atom is 1.00 e. The molecule has 13 nitrogen and oxygen atoms in total. The number of aliphatic hydroxyl groups is 1. The molecule has 0 bridgehead atoms. The molecule has 1 atom stereocenters. The number of hydrogen-bond acceptors (Lipinski definition) is 10. The third kappa shape index (κ3) is 43.7. The molecule has 0 aromatic heterocycles. The molecule has 4 N–H and O–H groups in total. The Kier molecular flexibility index (Phi) is 34.8. The Morgan fingerprint density at radius 1 is 0.635 bits per heavy atom. The minimum Gasteiger partial charge on any atom is -0.748 e. The summed E-state index contributed by atoms with van der Waals surface area (Å²) in [7, 11) is -8.50. The fraction of sp³-hybridized carbons (Fsp3) is 0.944. The van der Waals surface area contributed by atoms with Crippen LogP contribution in [0.4, 0.5) is 9.59 Å². The Hall–Kier alpha value is -0.680. The first kappa shape index (κ1) is 55.7. The van der Waals surface area contributed by atoms with Crippen molar-refractivity contribution in [2.24, 2.45) is 0 Å². The first-order chi connectivity index (χ1) is 23.7. The Bertz CT molecular complexity index is 1110. The van der Waals surface area contributed by atoms with Crippen molar-refractivity contribution >= 4 is 32.4 Å². The number of rotatable bonds is 30. The summed E-state index contributed by atoms with van der Waals surface area (Å²) in [5, 5.41) is 14.2. The van der Waals surface area contributed by atoms with Gasteiger partial charge in [-0.3, -0.25) is 4.55 Å². The van der Waals surface area contributed by atoms with Crippen LogP contribution in [0.2, 0.25) is 0 Å². The van der Waals surface area contributed by atoms with Crippen molar-refractivity contribution in [3.05, 3.63) is 0 Å². The van der Waals surface area contributed by atoms with Crippen molar-refractivity contribution in [1.82, 2.24) is 10.6 Å². The molecule has 0 aliphatic heterocycles. The van der Waals surface area contributed by atoms with Crippen molar-refractivity contribution in [1.29, 1.82) is 0 Å². The van der Waals surface area contributed by atoms with Crippen LogP contribution in [0.5, 0.6) is 0 Å². The molecule has 0 radical (unpaired) electrons. The Labute approximate surface area is 339 Å². The van der Waals surface area contributed by atoms with Crippen molar-refractivity contribution < 1.29 is 79.7 Å². The molecule has 306 valence electrons. The summed E-state index contributed by atoms with van der Waals surface area (Å²) in [6, 6.07) is 0. The van der Waals surface area contributed by atoms with Crippen LogP contribution in [0.3, 0.4) is 0 Å². The van der Waals surface area contributed by atoms with Crippen molar-refractivity contribution in [3.63, 3.8) is 0 Å². The number of aliphatic hydroxyl groups excluding tert-OH is 1. The Balaban J connectivity index is -0.000000907. The van der Waals surface area contributed by atoms with Gasteiger partial charge in [0, 0.05) is 13.1 Å². The monoisotopic (exact) mass is 796 g/mol. The van der Waals surface area contributed by atoms with E-state index in [1.165, 1.54) is 89.9 Å². The molecule has 0 aliphatic rings. The largest absolute Gasteiger partial charge is 1.00 e. The first-order valence-corrected chi connectivity index (χ1v) is 22.4. The SMILES string of the molecule is CCCCCCCCCCCC(C)(C)OC(=O)NCC(O)CS(=O)(=O)[O-].CCCCCCCCCCCC(C)(C)OC(=O)NCCCS(=O)(=O)O.[Na+]. The van der Waals surface area contributed by atoms with Gasteiger partial charge in [-0.1, -0.05) is 117 Å². The molecular weight excluding hydrogens is 724 g/mol. The fourth-order valence-corrected chi connectivity index (χ4v) is 6.44. The minimum atomic E-state index is -4.53. The molecule has 0 saturated carbocycles. The predicted octanol–water partition coefficient (Wildman–Crippen LogP) is 5.01. The number of carbonyl (C=O) groups excluding carboxylic acids is 2. The van der Waals surface area contributed by atoms with Crippen molar-refractivity contribution in [2.45, 2.75) is 194 Å². The molecule has 0 aromatic rings. The summed E-state index contributed by atoms with van der Waals surface area (Å²) in [6.07, 6.45) is 21.2. The van der Waals surface area contributed by atoms with Gasteiger partial charge in [0.1, 0.15) is 11.2 Å². The topological polar surface area (TPSA) is 208 Å². The summed E-state index contributed by atoms with van der Waals surface area (Å²) in [6.45, 7) is 11.7. The summed E-state index contributed by atoms with van der Waals surface area (Å²) in [4.78, 5) is 23.4. The average Bonchev–Trinajstić information content (AvgIpc) is 2.99. The van der Waals surface area contributed by atoms with Crippen LogP contribution in [-0.4, -0.2) is 85.1 Å². The molecule has 52 heavy (non-hydrogen) atoms. The maximum atomic E-state index is 11.7. The zero-order valence-corrected chi connectivity index (χ0v) is 37.3. The number of nitrogens with one attached hydrogen (secondary N) is 2. The van der Waals surface area contributed by atoms with E-state index in [9.17, 15) is 36.1 Å². The van der Waals surface area contributed by atoms with E-state index >= 15 is 0 Å². The number of carbonyl (C=O) groups is 2. The van der Waals surface area contributed by atoms with E-state index in [0.29, 0.717) is 0 Å². The minimum absolute atomic E-state index is 0. The summed E-state index contributed by atoms with van der Waals surface area (Å²) >= 11 is 0. The third-order valence-corrected chi connectivity index (χ3v) is 9.83. The molecule has 0 rings (SSSR count). The van der Waals surface area contributed by atoms with E-state index in [2.05, 4.69) is 24.5 Å². The smallest absolute Gasteiger partial charge is 0.748 e. The van der Waals surface area contributed by atoms with E-state index in [1.54, 1.807) is 0 Å². The molecule has 0 spiro atoms. The molecule has 16 heteroatoms. The van der Waals surface area contributed by atoms with E-state index < -0.39 is 55.5 Å². The normalized spacial score (nSPS) is 12.6. The molecule has 1 unspecified atom stereocenters. The maximum absolute atomic E-state index is 11.7. The zero-order valence-electron chi connectivity index (χ0n) is 33.6.